The molecule has 4 nitrogen and oxygen atoms in total. The molecule has 0 fully saturated rings. The van der Waals surface area contributed by atoms with Gasteiger partial charge < -0.3 is 15.8 Å². The number of benzene rings is 2. The van der Waals surface area contributed by atoms with Crippen LogP contribution in [0.5, 0.6) is 5.75 Å². The number of carbonyl (C=O) groups excluding carboxylic acids is 1. The van der Waals surface area contributed by atoms with Gasteiger partial charge in [-0.2, -0.15) is 0 Å². The summed E-state index contributed by atoms with van der Waals surface area (Å²) in [5.74, 6) is 0.451. The third-order valence-electron chi connectivity index (χ3n) is 2.87. The normalized spacial score (nSPS) is 15.4. The molecule has 1 heterocycles. The first kappa shape index (κ1) is 12.6. The van der Waals surface area contributed by atoms with Crippen molar-refractivity contribution >= 4 is 35.0 Å². The van der Waals surface area contributed by atoms with E-state index >= 15 is 0 Å². The van der Waals surface area contributed by atoms with Crippen molar-refractivity contribution in [2.75, 3.05) is 11.1 Å². The van der Waals surface area contributed by atoms with Crippen LogP contribution in [0.15, 0.2) is 48.2 Å². The third-order valence-corrected chi connectivity index (χ3v) is 3.12. The predicted octanol–water partition coefficient (Wildman–Crippen LogP) is 3.29. The number of amides is 1. The lowest BCUT2D eigenvalue weighted by Crippen LogP contribution is -2.23. The van der Waals surface area contributed by atoms with Gasteiger partial charge in [-0.25, -0.2) is 0 Å². The zero-order chi connectivity index (χ0) is 14.1. The van der Waals surface area contributed by atoms with Crippen molar-refractivity contribution < 1.29 is 9.53 Å². The van der Waals surface area contributed by atoms with E-state index < -0.39 is 0 Å². The van der Waals surface area contributed by atoms with E-state index in [2.05, 4.69) is 5.32 Å². The van der Waals surface area contributed by atoms with Gasteiger partial charge in [0, 0.05) is 16.8 Å². The van der Waals surface area contributed by atoms with Gasteiger partial charge in [0.25, 0.3) is 5.91 Å². The summed E-state index contributed by atoms with van der Waals surface area (Å²) in [4.78, 5) is 12.0. The van der Waals surface area contributed by atoms with E-state index in [1.165, 1.54) is 0 Å². The van der Waals surface area contributed by atoms with Gasteiger partial charge in [0.05, 0.1) is 5.69 Å². The molecule has 0 atom stereocenters. The molecule has 20 heavy (non-hydrogen) atoms. The Hall–Kier alpha value is -2.46. The minimum atomic E-state index is -0.294. The van der Waals surface area contributed by atoms with E-state index in [1.807, 2.05) is 0 Å². The standard InChI is InChI=1S/C15H11ClN2O2/c16-10-3-1-9(2-4-10)7-14-15(19)18-12-6-5-11(17)8-13(12)20-14/h1-8H,17H2,(H,18,19)/b14-7+. The summed E-state index contributed by atoms with van der Waals surface area (Å²) in [5.41, 5.74) is 7.71. The maximum atomic E-state index is 12.0. The van der Waals surface area contributed by atoms with Crippen LogP contribution in [0, 0.1) is 0 Å². The lowest BCUT2D eigenvalue weighted by atomic mass is 10.1. The predicted molar refractivity (Wildman–Crippen MR) is 79.5 cm³/mol. The van der Waals surface area contributed by atoms with Crippen LogP contribution < -0.4 is 15.8 Å². The van der Waals surface area contributed by atoms with Crippen LogP contribution in [0.25, 0.3) is 6.08 Å². The highest BCUT2D eigenvalue weighted by Gasteiger charge is 2.21. The first-order valence-corrected chi connectivity index (χ1v) is 6.35. The van der Waals surface area contributed by atoms with Gasteiger partial charge in [0.2, 0.25) is 0 Å². The monoisotopic (exact) mass is 286 g/mol. The Morgan fingerprint density at radius 1 is 1.15 bits per heavy atom. The molecule has 0 saturated carbocycles. The Bertz CT molecular complexity index is 708. The van der Waals surface area contributed by atoms with Crippen LogP contribution in [-0.2, 0) is 4.79 Å². The maximum absolute atomic E-state index is 12.0. The van der Waals surface area contributed by atoms with Crippen molar-refractivity contribution in [3.05, 3.63) is 58.8 Å². The molecule has 2 aromatic rings. The number of rotatable bonds is 1. The number of carbonyl (C=O) groups is 1. The van der Waals surface area contributed by atoms with Crippen molar-refractivity contribution in [3.63, 3.8) is 0 Å². The molecule has 1 aliphatic rings. The van der Waals surface area contributed by atoms with Gasteiger partial charge in [-0.1, -0.05) is 23.7 Å². The molecule has 2 aromatic carbocycles. The summed E-state index contributed by atoms with van der Waals surface area (Å²) in [6.07, 6.45) is 1.65. The van der Waals surface area contributed by atoms with Crippen LogP contribution >= 0.6 is 11.6 Å². The fourth-order valence-corrected chi connectivity index (χ4v) is 2.01. The van der Waals surface area contributed by atoms with Crippen molar-refractivity contribution in [2.45, 2.75) is 0 Å². The van der Waals surface area contributed by atoms with Gasteiger partial charge in [-0.15, -0.1) is 0 Å². The summed E-state index contributed by atoms with van der Waals surface area (Å²) in [5, 5.41) is 3.39. The third kappa shape index (κ3) is 2.46. The van der Waals surface area contributed by atoms with Crippen molar-refractivity contribution in [1.82, 2.24) is 0 Å². The molecule has 5 heteroatoms. The lowest BCUT2D eigenvalue weighted by Gasteiger charge is -2.20. The summed E-state index contributed by atoms with van der Waals surface area (Å²) >= 11 is 5.82. The Morgan fingerprint density at radius 3 is 2.65 bits per heavy atom. The minimum Gasteiger partial charge on any atom is -0.449 e. The van der Waals surface area contributed by atoms with Crippen molar-refractivity contribution in [3.8, 4) is 5.75 Å². The van der Waals surface area contributed by atoms with Crippen molar-refractivity contribution in [2.24, 2.45) is 0 Å². The second kappa shape index (κ2) is 4.90. The second-order valence-electron chi connectivity index (χ2n) is 4.37. The number of ether oxygens (including phenoxy) is 1. The van der Waals surface area contributed by atoms with Gasteiger partial charge in [-0.05, 0) is 35.9 Å². The van der Waals surface area contributed by atoms with Crippen molar-refractivity contribution in [1.29, 1.82) is 0 Å². The molecule has 0 saturated heterocycles. The van der Waals surface area contributed by atoms with E-state index in [0.29, 0.717) is 22.1 Å². The van der Waals surface area contributed by atoms with Gasteiger partial charge >= 0.3 is 0 Å². The van der Waals surface area contributed by atoms with E-state index in [1.54, 1.807) is 48.5 Å². The molecule has 0 aliphatic carbocycles. The molecule has 0 radical (unpaired) electrons. The molecule has 3 N–H and O–H groups in total. The number of fused-ring (bicyclic) bond motifs is 1. The van der Waals surface area contributed by atoms with Crippen LogP contribution in [0.1, 0.15) is 5.56 Å². The number of hydrogen-bond donors (Lipinski definition) is 2. The molecule has 0 aromatic heterocycles. The fourth-order valence-electron chi connectivity index (χ4n) is 1.88. The SMILES string of the molecule is Nc1ccc2c(c1)O/C(=C/c1ccc(Cl)cc1)C(=O)N2. The fraction of sp³-hybridized carbons (Fsp3) is 0. The molecular formula is C15H11ClN2O2. The largest absolute Gasteiger partial charge is 0.449 e. The molecule has 1 aliphatic heterocycles. The number of halogens is 1. The number of hydrogen-bond acceptors (Lipinski definition) is 3. The Kier molecular flexibility index (Phi) is 3.08. The van der Waals surface area contributed by atoms with Crippen LogP contribution in [0.3, 0.4) is 0 Å². The Labute approximate surface area is 120 Å². The first-order chi connectivity index (χ1) is 9.61. The highest BCUT2D eigenvalue weighted by Crippen LogP contribution is 2.33. The van der Waals surface area contributed by atoms with E-state index in [0.717, 1.165) is 5.56 Å². The van der Waals surface area contributed by atoms with Crippen LogP contribution in [-0.4, -0.2) is 5.91 Å². The molecular weight excluding hydrogens is 276 g/mol. The first-order valence-electron chi connectivity index (χ1n) is 5.98. The number of nitrogen functional groups attached to an aromatic ring is 1. The number of nitrogens with two attached hydrogens (primary N) is 1. The summed E-state index contributed by atoms with van der Waals surface area (Å²) in [7, 11) is 0. The Morgan fingerprint density at radius 2 is 1.90 bits per heavy atom. The van der Waals surface area contributed by atoms with Crippen LogP contribution in [0.4, 0.5) is 11.4 Å². The second-order valence-corrected chi connectivity index (χ2v) is 4.81. The van der Waals surface area contributed by atoms with Crippen LogP contribution in [0.2, 0.25) is 5.02 Å². The summed E-state index contributed by atoms with van der Waals surface area (Å²) in [6, 6.07) is 12.2. The number of anilines is 2. The maximum Gasteiger partial charge on any atom is 0.291 e. The average Bonchev–Trinajstić information content (AvgIpc) is 2.42. The highest BCUT2D eigenvalue weighted by atomic mass is 35.5. The molecule has 0 bridgehead atoms. The zero-order valence-corrected chi connectivity index (χ0v) is 11.1. The minimum absolute atomic E-state index is 0.213. The molecule has 1 amide bonds. The van der Waals surface area contributed by atoms with E-state index in [9.17, 15) is 4.79 Å². The number of nitrogens with one attached hydrogen (secondary N) is 1. The van der Waals surface area contributed by atoms with E-state index in [-0.39, 0.29) is 11.7 Å². The highest BCUT2D eigenvalue weighted by molar-refractivity contribution is 6.30. The van der Waals surface area contributed by atoms with Gasteiger partial charge in [-0.3, -0.25) is 4.79 Å². The van der Waals surface area contributed by atoms with E-state index in [4.69, 9.17) is 22.1 Å². The topological polar surface area (TPSA) is 64.3 Å². The molecule has 0 unspecified atom stereocenters. The summed E-state index contributed by atoms with van der Waals surface area (Å²) < 4.78 is 5.60. The molecule has 100 valence electrons. The Balaban J connectivity index is 1.95. The smallest absolute Gasteiger partial charge is 0.291 e. The summed E-state index contributed by atoms with van der Waals surface area (Å²) in [6.45, 7) is 0. The molecule has 3 rings (SSSR count). The van der Waals surface area contributed by atoms with Gasteiger partial charge in [0.1, 0.15) is 0 Å². The lowest BCUT2D eigenvalue weighted by molar-refractivity contribution is -0.115. The quantitative estimate of drug-likeness (QED) is 0.624. The molecule has 0 spiro atoms. The van der Waals surface area contributed by atoms with Gasteiger partial charge in [0.15, 0.2) is 11.5 Å². The average molecular weight is 287 g/mol. The zero-order valence-electron chi connectivity index (χ0n) is 10.4.